The number of carboxylic acids is 1. The summed E-state index contributed by atoms with van der Waals surface area (Å²) in [5.41, 5.74) is 1.42. The van der Waals surface area contributed by atoms with Gasteiger partial charge in [0.05, 0.1) is 10.3 Å². The molecule has 0 bridgehead atoms. The van der Waals surface area contributed by atoms with E-state index in [1.165, 1.54) is 0 Å². The van der Waals surface area contributed by atoms with Crippen molar-refractivity contribution in [2.45, 2.75) is 76.0 Å². The van der Waals surface area contributed by atoms with Gasteiger partial charge in [-0.15, -0.1) is 0 Å². The average molecular weight is 403 g/mol. The van der Waals surface area contributed by atoms with E-state index in [0.717, 1.165) is 36.8 Å². The van der Waals surface area contributed by atoms with Crippen LogP contribution in [-0.2, 0) is 26.7 Å². The van der Waals surface area contributed by atoms with Crippen LogP contribution in [0.3, 0.4) is 0 Å². The van der Waals surface area contributed by atoms with Crippen LogP contribution < -0.4 is 0 Å². The van der Waals surface area contributed by atoms with E-state index in [1.54, 1.807) is 6.07 Å². The van der Waals surface area contributed by atoms with Crippen molar-refractivity contribution in [1.29, 1.82) is 0 Å². The molecule has 0 aliphatic heterocycles. The molecule has 3 atom stereocenters. The molecular weight excluding hydrogens is 375 g/mol. The second-order valence-electron chi connectivity index (χ2n) is 8.76. The Bertz CT molecular complexity index is 863. The first kappa shape index (κ1) is 22.9. The van der Waals surface area contributed by atoms with Gasteiger partial charge in [0.1, 0.15) is 0 Å². The first-order chi connectivity index (χ1) is 11.9. The van der Waals surface area contributed by atoms with Crippen molar-refractivity contribution in [2.75, 3.05) is 0 Å². The molecule has 0 aromatic heterocycles. The Morgan fingerprint density at radius 3 is 2.37 bits per heavy atom. The van der Waals surface area contributed by atoms with Crippen LogP contribution in [0, 0.1) is 11.3 Å². The van der Waals surface area contributed by atoms with E-state index in [1.807, 2.05) is 26.8 Å². The average Bonchev–Trinajstić information content (AvgIpc) is 2.52. The number of carboxylic acid groups (broad SMARTS) is 1. The van der Waals surface area contributed by atoms with Gasteiger partial charge in [0.15, 0.2) is 0 Å². The van der Waals surface area contributed by atoms with Crippen LogP contribution in [0.25, 0.3) is 0 Å². The van der Waals surface area contributed by atoms with Crippen molar-refractivity contribution in [1.82, 2.24) is 0 Å². The van der Waals surface area contributed by atoms with Gasteiger partial charge in [0.2, 0.25) is 0 Å². The molecule has 0 amide bonds. The van der Waals surface area contributed by atoms with Crippen LogP contribution in [0.2, 0.25) is 0 Å². The maximum Gasteiger partial charge on any atom is 0.309 e. The van der Waals surface area contributed by atoms with E-state index >= 15 is 0 Å². The molecule has 1 aromatic rings. The molecule has 3 rings (SSSR count). The van der Waals surface area contributed by atoms with Crippen LogP contribution in [0.5, 0.6) is 0 Å². The fourth-order valence-corrected chi connectivity index (χ4v) is 6.31. The summed E-state index contributed by atoms with van der Waals surface area (Å²) in [5.74, 6) is -0.850. The van der Waals surface area contributed by atoms with Crippen molar-refractivity contribution in [3.8, 4) is 0 Å². The van der Waals surface area contributed by atoms with E-state index in [2.05, 4.69) is 6.92 Å². The minimum atomic E-state index is -4.34. The third-order valence-corrected chi connectivity index (χ3v) is 7.78. The first-order valence-electron chi connectivity index (χ1n) is 9.29. The summed E-state index contributed by atoms with van der Waals surface area (Å²) in [6.45, 7) is 7.71. The predicted octanol–water partition coefficient (Wildman–Crippen LogP) is 3.77. The molecule has 2 aliphatic rings. The van der Waals surface area contributed by atoms with Gasteiger partial charge in [-0.3, -0.25) is 9.35 Å². The topological polar surface area (TPSA) is 91.7 Å². The molecule has 1 radical (unpaired) electrons. The number of fused-ring (bicyclic) bond motifs is 3. The van der Waals surface area contributed by atoms with Gasteiger partial charge in [-0.2, -0.15) is 8.42 Å². The summed E-state index contributed by atoms with van der Waals surface area (Å²) < 4.78 is 33.8. The molecule has 2 N–H and O–H groups in total. The minimum absolute atomic E-state index is 0. The summed E-state index contributed by atoms with van der Waals surface area (Å²) in [6, 6.07) is 3.54. The Balaban J connectivity index is 0.00000261. The Morgan fingerprint density at radius 2 is 1.85 bits per heavy atom. The molecule has 0 spiro atoms. The van der Waals surface area contributed by atoms with Crippen molar-refractivity contribution < 1.29 is 22.9 Å². The second kappa shape index (κ2) is 7.45. The van der Waals surface area contributed by atoms with Crippen LogP contribution in [0.4, 0.5) is 0 Å². The Morgan fingerprint density at radius 1 is 1.22 bits per heavy atom. The maximum atomic E-state index is 12.0. The molecule has 145 valence electrons. The normalized spacial score (nSPS) is 30.2. The summed E-state index contributed by atoms with van der Waals surface area (Å²) in [7, 11) is -4.34. The van der Waals surface area contributed by atoms with E-state index < -0.39 is 26.9 Å². The predicted molar refractivity (Wildman–Crippen MR) is 105 cm³/mol. The zero-order valence-electron chi connectivity index (χ0n) is 16.9. The number of aliphatic carboxylic acids is 1. The quantitative estimate of drug-likeness (QED) is 0.592. The van der Waals surface area contributed by atoms with Crippen molar-refractivity contribution >= 4 is 45.6 Å². The van der Waals surface area contributed by atoms with Crippen LogP contribution in [0.1, 0.15) is 76.0 Å². The molecule has 1 fully saturated rings. The first-order valence-corrected chi connectivity index (χ1v) is 10.7. The smallest absolute Gasteiger partial charge is 0.309 e. The van der Waals surface area contributed by atoms with Gasteiger partial charge < -0.3 is 5.11 Å². The molecule has 0 heterocycles. The van der Waals surface area contributed by atoms with E-state index in [0.29, 0.717) is 12.0 Å². The maximum absolute atomic E-state index is 12.0. The van der Waals surface area contributed by atoms with E-state index in [9.17, 15) is 22.9 Å². The number of aryl methyl sites for hydroxylation is 1. The SMILES string of the molecule is CC(C)c1cc2c(cc1S(=O)(=O)O)[C@@]1(C)CCC[C@@](C)(C(=O)O)[C@@H]1CC2.[Na]. The molecule has 5 nitrogen and oxygen atoms in total. The molecular formula is C20H28NaO5S. The standard InChI is InChI=1S/C20H28O5S.Na/c1-12(2)14-10-13-6-7-17-19(3,8-5-9-20(17,4)18(21)22)15(13)11-16(14)26(23,24)25;/h10-12,17H,5-9H2,1-4H3,(H,21,22)(H,23,24,25);/t17-,19-,20-;/m1./s1. The van der Waals surface area contributed by atoms with Crippen molar-refractivity contribution in [2.24, 2.45) is 11.3 Å². The molecule has 1 saturated carbocycles. The van der Waals surface area contributed by atoms with E-state index in [-0.39, 0.29) is 46.3 Å². The van der Waals surface area contributed by atoms with Crippen molar-refractivity contribution in [3.05, 3.63) is 28.8 Å². The zero-order chi connectivity index (χ0) is 19.5. The molecule has 0 saturated heterocycles. The van der Waals surface area contributed by atoms with Crippen LogP contribution >= 0.6 is 0 Å². The fourth-order valence-electron chi connectivity index (χ4n) is 5.45. The number of rotatable bonds is 3. The Kier molecular flexibility index (Phi) is 6.31. The van der Waals surface area contributed by atoms with E-state index in [4.69, 9.17) is 0 Å². The van der Waals surface area contributed by atoms with Gasteiger partial charge >= 0.3 is 5.97 Å². The zero-order valence-corrected chi connectivity index (χ0v) is 19.7. The Labute approximate surface area is 184 Å². The molecule has 27 heavy (non-hydrogen) atoms. The van der Waals surface area contributed by atoms with Gasteiger partial charge in [0, 0.05) is 29.6 Å². The van der Waals surface area contributed by atoms with Gasteiger partial charge in [-0.25, -0.2) is 0 Å². The largest absolute Gasteiger partial charge is 0.481 e. The summed E-state index contributed by atoms with van der Waals surface area (Å²) in [5, 5.41) is 9.86. The number of hydrogen-bond donors (Lipinski definition) is 2. The molecule has 7 heteroatoms. The minimum Gasteiger partial charge on any atom is -0.481 e. The van der Waals surface area contributed by atoms with Crippen LogP contribution in [0.15, 0.2) is 17.0 Å². The monoisotopic (exact) mass is 403 g/mol. The van der Waals surface area contributed by atoms with Gasteiger partial charge in [-0.1, -0.05) is 33.3 Å². The third-order valence-electron chi connectivity index (χ3n) is 6.87. The van der Waals surface area contributed by atoms with Gasteiger partial charge in [-0.05, 0) is 72.6 Å². The number of carbonyl (C=O) groups is 1. The van der Waals surface area contributed by atoms with Crippen LogP contribution in [-0.4, -0.2) is 53.6 Å². The Hall–Kier alpha value is -0.400. The summed E-state index contributed by atoms with van der Waals surface area (Å²) >= 11 is 0. The number of hydrogen-bond acceptors (Lipinski definition) is 3. The third kappa shape index (κ3) is 3.64. The molecule has 2 aliphatic carbocycles. The van der Waals surface area contributed by atoms with Gasteiger partial charge in [0.25, 0.3) is 10.1 Å². The molecule has 1 aromatic carbocycles. The van der Waals surface area contributed by atoms with Crippen molar-refractivity contribution in [3.63, 3.8) is 0 Å². The molecule has 0 unspecified atom stereocenters. The number of benzene rings is 1. The summed E-state index contributed by atoms with van der Waals surface area (Å²) in [6.07, 6.45) is 3.80. The summed E-state index contributed by atoms with van der Waals surface area (Å²) in [4.78, 5) is 12.0. The second-order valence-corrected chi connectivity index (χ2v) is 10.2. The fraction of sp³-hybridized carbons (Fsp3) is 0.650.